The van der Waals surface area contributed by atoms with Crippen molar-refractivity contribution < 1.29 is 39.7 Å². The van der Waals surface area contributed by atoms with Gasteiger partial charge in [-0.1, -0.05) is 0 Å². The van der Waals surface area contributed by atoms with Gasteiger partial charge in [-0.2, -0.15) is 0 Å². The quantitative estimate of drug-likeness (QED) is 0.384. The summed E-state index contributed by atoms with van der Waals surface area (Å²) in [5.41, 5.74) is 0. The zero-order valence-corrected chi connectivity index (χ0v) is 5.23. The van der Waals surface area contributed by atoms with Gasteiger partial charge in [0.15, 0.2) is 10.1 Å². The van der Waals surface area contributed by atoms with E-state index in [4.69, 9.17) is 13.0 Å². The van der Waals surface area contributed by atoms with Crippen LogP contribution in [-0.4, -0.2) is 13.0 Å². The Morgan fingerprint density at radius 3 is 1.71 bits per heavy atom. The topological polar surface area (TPSA) is 54.4 Å². The maximum Gasteiger partial charge on any atom is 1.00 e. The Kier molecular flexibility index (Phi) is 5.37. The molecular weight excluding hydrogens is 219 g/mol. The maximum atomic E-state index is 10.5. The van der Waals surface area contributed by atoms with Crippen molar-refractivity contribution in [2.75, 3.05) is 0 Å². The third kappa shape index (κ3) is 10.8. The normalized spacial score (nSPS) is 10.0. The monoisotopic (exact) mass is 220 g/mol. The molecule has 0 fully saturated rings. The molecule has 0 saturated heterocycles. The van der Waals surface area contributed by atoms with E-state index in [9.17, 15) is 4.39 Å². The van der Waals surface area contributed by atoms with E-state index in [1.54, 1.807) is 0 Å². The first kappa shape index (κ1) is 10.5. The van der Waals surface area contributed by atoms with Gasteiger partial charge in [0.2, 0.25) is 0 Å². The van der Waals surface area contributed by atoms with Crippen LogP contribution in [0.4, 0.5) is 4.39 Å². The van der Waals surface area contributed by atoms with E-state index in [2.05, 4.69) is 0 Å². The van der Waals surface area contributed by atoms with E-state index < -0.39 is 16.1 Å². The van der Waals surface area contributed by atoms with Crippen molar-refractivity contribution >= 4 is 10.1 Å². The molecule has 0 saturated carbocycles. The molecule has 0 heterocycles. The molecule has 0 aromatic carbocycles. The van der Waals surface area contributed by atoms with E-state index in [-0.39, 0.29) is 22.4 Å². The summed E-state index contributed by atoms with van der Waals surface area (Å²) in [6.07, 6.45) is 0. The number of halogens is 1. The second kappa shape index (κ2) is 3.57. The molecule has 0 rings (SSSR count). The van der Waals surface area contributed by atoms with Crippen molar-refractivity contribution in [2.45, 2.75) is 0 Å². The second-order valence-electron chi connectivity index (χ2n) is 0.604. The third-order valence-electron chi connectivity index (χ3n) is 0.113. The summed E-state index contributed by atoms with van der Waals surface area (Å²) in [5.74, 6) is 0. The van der Waals surface area contributed by atoms with Crippen molar-refractivity contribution in [1.82, 2.24) is 0 Å². The molecule has 0 amide bonds. The van der Waals surface area contributed by atoms with Crippen molar-refractivity contribution in [3.05, 3.63) is 6.01 Å². The van der Waals surface area contributed by atoms with Crippen molar-refractivity contribution in [3.63, 3.8) is 0 Å². The van der Waals surface area contributed by atoms with Gasteiger partial charge in [0.1, 0.15) is 0 Å². The molecule has 0 aliphatic heterocycles. The summed E-state index contributed by atoms with van der Waals surface area (Å²) in [4.78, 5) is 0. The Morgan fingerprint density at radius 2 is 1.71 bits per heavy atom. The van der Waals surface area contributed by atoms with Crippen molar-refractivity contribution in [3.8, 4) is 0 Å². The minimum atomic E-state index is -4.45. The Bertz CT molecular complexity index is 117. The van der Waals surface area contributed by atoms with Crippen molar-refractivity contribution in [2.24, 2.45) is 0 Å². The van der Waals surface area contributed by atoms with Crippen LogP contribution < -0.4 is 0 Å². The standard InChI is InChI=1S/CH2FO3S.Ag/c2-1-6(3,4)5;/h1H,(H,3,4,5);/q-1;+1. The van der Waals surface area contributed by atoms with Gasteiger partial charge in [0.05, 0.1) is 0 Å². The van der Waals surface area contributed by atoms with Crippen LogP contribution in [0.3, 0.4) is 0 Å². The zero-order chi connectivity index (χ0) is 5.21. The molecule has 3 nitrogen and oxygen atoms in total. The third-order valence-corrected chi connectivity index (χ3v) is 0.338. The first-order valence-corrected chi connectivity index (χ1v) is 2.47. The molecule has 0 aromatic rings. The summed E-state index contributed by atoms with van der Waals surface area (Å²) < 4.78 is 36.2. The first-order chi connectivity index (χ1) is 2.56. The fourth-order valence-corrected chi connectivity index (χ4v) is 0. The van der Waals surface area contributed by atoms with Crippen LogP contribution in [0.15, 0.2) is 0 Å². The van der Waals surface area contributed by atoms with Gasteiger partial charge >= 0.3 is 22.4 Å². The summed E-state index contributed by atoms with van der Waals surface area (Å²) >= 11 is 0. The fraction of sp³-hybridized carbons (Fsp3) is 0. The average Bonchev–Trinajstić information content (AvgIpc) is 1.35. The summed E-state index contributed by atoms with van der Waals surface area (Å²) in [7, 11) is -4.45. The molecule has 1 N–H and O–H groups in total. The van der Waals surface area contributed by atoms with Crippen molar-refractivity contribution in [1.29, 1.82) is 0 Å². The molecule has 0 aliphatic rings. The van der Waals surface area contributed by atoms with Crippen LogP contribution in [0, 0.1) is 6.01 Å². The van der Waals surface area contributed by atoms with Gasteiger partial charge < -0.3 is 8.94 Å². The second-order valence-corrected chi connectivity index (χ2v) is 1.81. The van der Waals surface area contributed by atoms with E-state index in [0.717, 1.165) is 0 Å². The van der Waals surface area contributed by atoms with Gasteiger partial charge in [-0.25, -0.2) is 8.42 Å². The van der Waals surface area contributed by atoms with E-state index in [1.807, 2.05) is 0 Å². The number of hydrogen-bond donors (Lipinski definition) is 1. The fourth-order valence-electron chi connectivity index (χ4n) is 0. The van der Waals surface area contributed by atoms with Gasteiger partial charge in [-0.15, -0.1) is 0 Å². The largest absolute Gasteiger partial charge is 1.00 e. The van der Waals surface area contributed by atoms with Crippen LogP contribution in [0.1, 0.15) is 0 Å². The van der Waals surface area contributed by atoms with Crippen LogP contribution in [0.25, 0.3) is 0 Å². The predicted molar refractivity (Wildman–Crippen MR) is 17.0 cm³/mol. The Hall–Kier alpha value is 0.580. The zero-order valence-electron chi connectivity index (χ0n) is 2.93. The molecular formula is CH2AgFO3S. The summed E-state index contributed by atoms with van der Waals surface area (Å²) in [6, 6.07) is -0.785. The Balaban J connectivity index is 0. The average molecular weight is 221 g/mol. The summed E-state index contributed by atoms with van der Waals surface area (Å²) in [6.45, 7) is 0. The number of hydrogen-bond acceptors (Lipinski definition) is 2. The van der Waals surface area contributed by atoms with E-state index in [0.29, 0.717) is 0 Å². The molecule has 7 heavy (non-hydrogen) atoms. The molecule has 0 unspecified atom stereocenters. The SMILES string of the molecule is O=S(=O)(O)[CH-]F.[Ag+]. The molecule has 6 heteroatoms. The number of rotatable bonds is 1. The van der Waals surface area contributed by atoms with Gasteiger partial charge in [0.25, 0.3) is 0 Å². The molecule has 0 aromatic heterocycles. The molecule has 48 valence electrons. The van der Waals surface area contributed by atoms with Gasteiger partial charge in [0, 0.05) is 0 Å². The molecule has 0 atom stereocenters. The molecule has 0 radical (unpaired) electrons. The molecule has 0 aliphatic carbocycles. The maximum absolute atomic E-state index is 10.5. The summed E-state index contributed by atoms with van der Waals surface area (Å²) in [5, 5.41) is 0. The van der Waals surface area contributed by atoms with Crippen LogP contribution in [0.5, 0.6) is 0 Å². The minimum absolute atomic E-state index is 0. The van der Waals surface area contributed by atoms with Gasteiger partial charge in [-0.3, -0.25) is 0 Å². The smallest absolute Gasteiger partial charge is 0.440 e. The van der Waals surface area contributed by atoms with Crippen LogP contribution in [0.2, 0.25) is 0 Å². The Morgan fingerprint density at radius 1 is 1.57 bits per heavy atom. The Labute approximate surface area is 56.2 Å². The van der Waals surface area contributed by atoms with Crippen LogP contribution in [-0.2, 0) is 32.5 Å². The van der Waals surface area contributed by atoms with E-state index in [1.165, 1.54) is 0 Å². The molecule has 0 bridgehead atoms. The minimum Gasteiger partial charge on any atom is -0.440 e. The predicted octanol–water partition coefficient (Wildman–Crippen LogP) is -0.0395. The molecule has 0 spiro atoms. The van der Waals surface area contributed by atoms with E-state index >= 15 is 0 Å². The van der Waals surface area contributed by atoms with Crippen LogP contribution >= 0.6 is 0 Å². The van der Waals surface area contributed by atoms with Gasteiger partial charge in [-0.05, 0) is 6.01 Å². The first-order valence-electron chi connectivity index (χ1n) is 0.970.